The number of benzene rings is 1. The predicted molar refractivity (Wildman–Crippen MR) is 66.6 cm³/mol. The van der Waals surface area contributed by atoms with Crippen LogP contribution in [0.1, 0.15) is 18.4 Å². The van der Waals surface area contributed by atoms with E-state index in [1.54, 1.807) is 7.11 Å². The second-order valence-corrected chi connectivity index (χ2v) is 3.93. The number of carboxylic acid groups (broad SMARTS) is 1. The number of rotatable bonds is 8. The van der Waals surface area contributed by atoms with E-state index in [0.717, 1.165) is 11.3 Å². The summed E-state index contributed by atoms with van der Waals surface area (Å²) in [6.07, 6.45) is 1.57. The van der Waals surface area contributed by atoms with Crippen LogP contribution in [0.3, 0.4) is 0 Å². The topological polar surface area (TPSA) is 75.6 Å². The van der Waals surface area contributed by atoms with Crippen LogP contribution in [0.4, 0.5) is 0 Å². The highest BCUT2D eigenvalue weighted by Gasteiger charge is 2.13. The Hall–Kier alpha value is -2.04. The van der Waals surface area contributed by atoms with Crippen LogP contribution in [0, 0.1) is 0 Å². The van der Waals surface area contributed by atoms with Crippen molar-refractivity contribution in [2.45, 2.75) is 25.3 Å². The first-order valence-electron chi connectivity index (χ1n) is 5.70. The largest absolute Gasteiger partial charge is 0.496 e. The fourth-order valence-corrected chi connectivity index (χ4v) is 1.78. The molecular formula is C13H17NO4. The van der Waals surface area contributed by atoms with Crippen molar-refractivity contribution in [3.05, 3.63) is 29.8 Å². The standard InChI is InChI=1S/C13H17NO4/c1-18-12-5-3-2-4-10(12)8-11(14-9-15)6-7-13(16)17/h2-5,9,11H,6-8H2,1H3,(H,14,15)(H,16,17). The van der Waals surface area contributed by atoms with Gasteiger partial charge in [-0.05, 0) is 24.5 Å². The maximum Gasteiger partial charge on any atom is 0.303 e. The van der Waals surface area contributed by atoms with Crippen LogP contribution < -0.4 is 10.1 Å². The number of carbonyl (C=O) groups excluding carboxylic acids is 1. The number of carboxylic acids is 1. The van der Waals surface area contributed by atoms with Crippen molar-refractivity contribution in [2.24, 2.45) is 0 Å². The highest BCUT2D eigenvalue weighted by molar-refractivity contribution is 5.66. The number of nitrogens with one attached hydrogen (secondary N) is 1. The summed E-state index contributed by atoms with van der Waals surface area (Å²) in [5.74, 6) is -0.127. The molecule has 0 heterocycles. The molecule has 1 amide bonds. The van der Waals surface area contributed by atoms with Crippen LogP contribution >= 0.6 is 0 Å². The van der Waals surface area contributed by atoms with Crippen LogP contribution in [-0.2, 0) is 16.0 Å². The van der Waals surface area contributed by atoms with E-state index in [1.165, 1.54) is 0 Å². The molecule has 0 aliphatic heterocycles. The van der Waals surface area contributed by atoms with Gasteiger partial charge in [0.15, 0.2) is 0 Å². The van der Waals surface area contributed by atoms with Gasteiger partial charge in [-0.25, -0.2) is 0 Å². The zero-order chi connectivity index (χ0) is 13.4. The maximum atomic E-state index is 10.5. The van der Waals surface area contributed by atoms with Gasteiger partial charge in [0.2, 0.25) is 6.41 Å². The second kappa shape index (κ2) is 7.32. The number of methoxy groups -OCH3 is 1. The highest BCUT2D eigenvalue weighted by atomic mass is 16.5. The molecule has 0 radical (unpaired) electrons. The van der Waals surface area contributed by atoms with Crippen LogP contribution in [0.2, 0.25) is 0 Å². The first-order chi connectivity index (χ1) is 8.67. The molecule has 0 aromatic heterocycles. The van der Waals surface area contributed by atoms with Gasteiger partial charge in [0, 0.05) is 12.5 Å². The Morgan fingerprint density at radius 3 is 2.83 bits per heavy atom. The van der Waals surface area contributed by atoms with Gasteiger partial charge < -0.3 is 15.2 Å². The molecule has 18 heavy (non-hydrogen) atoms. The van der Waals surface area contributed by atoms with Crippen LogP contribution in [-0.4, -0.2) is 30.6 Å². The Bertz CT molecular complexity index is 406. The van der Waals surface area contributed by atoms with E-state index in [0.29, 0.717) is 19.3 Å². The zero-order valence-corrected chi connectivity index (χ0v) is 10.3. The van der Waals surface area contributed by atoms with Crippen molar-refractivity contribution < 1.29 is 19.4 Å². The first kappa shape index (κ1) is 14.0. The van der Waals surface area contributed by atoms with Gasteiger partial charge in [-0.3, -0.25) is 9.59 Å². The SMILES string of the molecule is COc1ccccc1CC(CCC(=O)O)NC=O. The smallest absolute Gasteiger partial charge is 0.303 e. The fraction of sp³-hybridized carbons (Fsp3) is 0.385. The molecule has 1 aromatic carbocycles. The van der Waals surface area contributed by atoms with Gasteiger partial charge in [-0.2, -0.15) is 0 Å². The lowest BCUT2D eigenvalue weighted by Gasteiger charge is -2.16. The Morgan fingerprint density at radius 1 is 1.50 bits per heavy atom. The Morgan fingerprint density at radius 2 is 2.22 bits per heavy atom. The normalized spacial score (nSPS) is 11.6. The molecule has 98 valence electrons. The number of ether oxygens (including phenoxy) is 1. The summed E-state index contributed by atoms with van der Waals surface area (Å²) in [4.78, 5) is 21.1. The minimum Gasteiger partial charge on any atom is -0.496 e. The lowest BCUT2D eigenvalue weighted by atomic mass is 10.0. The molecule has 2 N–H and O–H groups in total. The maximum absolute atomic E-state index is 10.5. The summed E-state index contributed by atoms with van der Waals surface area (Å²) in [5.41, 5.74) is 0.949. The molecule has 0 saturated carbocycles. The van der Waals surface area contributed by atoms with Crippen LogP contribution in [0.15, 0.2) is 24.3 Å². The van der Waals surface area contributed by atoms with E-state index in [-0.39, 0.29) is 12.5 Å². The lowest BCUT2D eigenvalue weighted by molar-refractivity contribution is -0.137. The van der Waals surface area contributed by atoms with E-state index < -0.39 is 5.97 Å². The molecule has 0 spiro atoms. The molecule has 0 aliphatic carbocycles. The van der Waals surface area contributed by atoms with E-state index in [9.17, 15) is 9.59 Å². The van der Waals surface area contributed by atoms with E-state index in [1.807, 2.05) is 24.3 Å². The molecule has 0 saturated heterocycles. The van der Waals surface area contributed by atoms with Gasteiger partial charge in [0.1, 0.15) is 5.75 Å². The fourth-order valence-electron chi connectivity index (χ4n) is 1.78. The van der Waals surface area contributed by atoms with Crippen LogP contribution in [0.25, 0.3) is 0 Å². The van der Waals surface area contributed by atoms with Gasteiger partial charge in [-0.15, -0.1) is 0 Å². The lowest BCUT2D eigenvalue weighted by Crippen LogP contribution is -2.30. The molecule has 0 fully saturated rings. The summed E-state index contributed by atoms with van der Waals surface area (Å²) >= 11 is 0. The molecule has 5 heteroatoms. The average Bonchev–Trinajstić information content (AvgIpc) is 2.37. The third-order valence-electron chi connectivity index (χ3n) is 2.67. The average molecular weight is 251 g/mol. The number of para-hydroxylation sites is 1. The van der Waals surface area contributed by atoms with Crippen molar-refractivity contribution in [3.8, 4) is 5.75 Å². The van der Waals surface area contributed by atoms with Crippen molar-refractivity contribution in [3.63, 3.8) is 0 Å². The van der Waals surface area contributed by atoms with Gasteiger partial charge in [-0.1, -0.05) is 18.2 Å². The minimum atomic E-state index is -0.868. The number of carbonyl (C=O) groups is 2. The summed E-state index contributed by atoms with van der Waals surface area (Å²) in [6.45, 7) is 0. The van der Waals surface area contributed by atoms with Crippen molar-refractivity contribution in [1.82, 2.24) is 5.32 Å². The van der Waals surface area contributed by atoms with Crippen molar-refractivity contribution >= 4 is 12.4 Å². The Kier molecular flexibility index (Phi) is 5.70. The van der Waals surface area contributed by atoms with Crippen molar-refractivity contribution in [2.75, 3.05) is 7.11 Å². The summed E-state index contributed by atoms with van der Waals surface area (Å²) in [6, 6.07) is 7.29. The summed E-state index contributed by atoms with van der Waals surface area (Å²) < 4.78 is 5.22. The second-order valence-electron chi connectivity index (χ2n) is 3.93. The molecule has 5 nitrogen and oxygen atoms in total. The number of aliphatic carboxylic acids is 1. The molecular weight excluding hydrogens is 234 g/mol. The third-order valence-corrected chi connectivity index (χ3v) is 2.67. The molecule has 1 unspecified atom stereocenters. The highest BCUT2D eigenvalue weighted by Crippen LogP contribution is 2.19. The van der Waals surface area contributed by atoms with E-state index in [4.69, 9.17) is 9.84 Å². The number of hydrogen-bond donors (Lipinski definition) is 2. The first-order valence-corrected chi connectivity index (χ1v) is 5.70. The predicted octanol–water partition coefficient (Wildman–Crippen LogP) is 1.22. The van der Waals surface area contributed by atoms with Crippen molar-refractivity contribution in [1.29, 1.82) is 0 Å². The Balaban J connectivity index is 2.69. The summed E-state index contributed by atoms with van der Waals surface area (Å²) in [5, 5.41) is 11.3. The van der Waals surface area contributed by atoms with Crippen LogP contribution in [0.5, 0.6) is 5.75 Å². The van der Waals surface area contributed by atoms with Gasteiger partial charge in [0.05, 0.1) is 7.11 Å². The third kappa shape index (κ3) is 4.45. The van der Waals surface area contributed by atoms with Gasteiger partial charge in [0.25, 0.3) is 0 Å². The minimum absolute atomic E-state index is 0.0284. The quantitative estimate of drug-likeness (QED) is 0.681. The molecule has 0 bridgehead atoms. The zero-order valence-electron chi connectivity index (χ0n) is 10.3. The van der Waals surface area contributed by atoms with Gasteiger partial charge >= 0.3 is 5.97 Å². The summed E-state index contributed by atoms with van der Waals surface area (Å²) in [7, 11) is 1.58. The Labute approximate surface area is 106 Å². The molecule has 1 aromatic rings. The number of amides is 1. The number of hydrogen-bond acceptors (Lipinski definition) is 3. The molecule has 0 aliphatic rings. The van der Waals surface area contributed by atoms with E-state index >= 15 is 0 Å². The van der Waals surface area contributed by atoms with E-state index in [2.05, 4.69) is 5.32 Å². The monoisotopic (exact) mass is 251 g/mol. The molecule has 1 rings (SSSR count). The molecule has 1 atom stereocenters.